The minimum atomic E-state index is -0.271. The van der Waals surface area contributed by atoms with Crippen molar-refractivity contribution in [2.75, 3.05) is 31.1 Å². The van der Waals surface area contributed by atoms with Crippen molar-refractivity contribution < 1.29 is 13.9 Å². The van der Waals surface area contributed by atoms with E-state index in [-0.39, 0.29) is 18.0 Å². The summed E-state index contributed by atoms with van der Waals surface area (Å²) >= 11 is 6.21. The Morgan fingerprint density at radius 2 is 1.86 bits per heavy atom. The van der Waals surface area contributed by atoms with Gasteiger partial charge in [-0.25, -0.2) is 9.18 Å². The van der Waals surface area contributed by atoms with Gasteiger partial charge in [-0.15, -0.1) is 0 Å². The number of rotatable bonds is 5. The number of benzene rings is 2. The number of amides is 1. The average Bonchev–Trinajstić information content (AvgIpc) is 3.07. The van der Waals surface area contributed by atoms with E-state index in [1.54, 1.807) is 17.0 Å². The molecule has 0 radical (unpaired) electrons. The molecule has 2 aliphatic rings. The second-order valence-corrected chi connectivity index (χ2v) is 8.04. The van der Waals surface area contributed by atoms with Crippen LogP contribution in [0.5, 0.6) is 0 Å². The highest BCUT2D eigenvalue weighted by Crippen LogP contribution is 2.27. The lowest BCUT2D eigenvalue weighted by Gasteiger charge is -2.33. The zero-order valence-electron chi connectivity index (χ0n) is 15.7. The first-order chi connectivity index (χ1) is 13.6. The van der Waals surface area contributed by atoms with E-state index < -0.39 is 0 Å². The van der Waals surface area contributed by atoms with Gasteiger partial charge >= 0.3 is 6.09 Å². The predicted octanol–water partition coefficient (Wildman–Crippen LogP) is 4.76. The average molecular weight is 403 g/mol. The summed E-state index contributed by atoms with van der Waals surface area (Å²) in [7, 11) is 0. The molecule has 0 saturated carbocycles. The number of halogens is 2. The second-order valence-electron chi connectivity index (χ2n) is 7.64. The van der Waals surface area contributed by atoms with Crippen molar-refractivity contribution in [3.05, 3.63) is 64.9 Å². The molecule has 1 amide bonds. The fourth-order valence-corrected chi connectivity index (χ4v) is 4.30. The fourth-order valence-electron chi connectivity index (χ4n) is 4.11. The molecule has 0 aromatic heterocycles. The summed E-state index contributed by atoms with van der Waals surface area (Å²) in [6, 6.07) is 14.2. The van der Waals surface area contributed by atoms with Gasteiger partial charge in [-0.05, 0) is 74.2 Å². The lowest BCUT2D eigenvalue weighted by Crippen LogP contribution is -2.40. The molecule has 2 saturated heterocycles. The van der Waals surface area contributed by atoms with E-state index in [1.165, 1.54) is 6.07 Å². The molecule has 0 bridgehead atoms. The van der Waals surface area contributed by atoms with Crippen molar-refractivity contribution in [3.63, 3.8) is 0 Å². The van der Waals surface area contributed by atoms with Gasteiger partial charge < -0.3 is 4.74 Å². The molecular formula is C22H24ClFN2O2. The van der Waals surface area contributed by atoms with E-state index in [0.717, 1.165) is 50.1 Å². The molecule has 2 heterocycles. The van der Waals surface area contributed by atoms with Crippen LogP contribution >= 0.6 is 11.6 Å². The van der Waals surface area contributed by atoms with E-state index >= 15 is 0 Å². The molecule has 6 heteroatoms. The van der Waals surface area contributed by atoms with Crippen LogP contribution in [0.15, 0.2) is 48.5 Å². The minimum absolute atomic E-state index is 0.109. The number of ether oxygens (including phenoxy) is 1. The number of hydrogen-bond acceptors (Lipinski definition) is 3. The van der Waals surface area contributed by atoms with Crippen LogP contribution in [0.3, 0.4) is 0 Å². The number of carbonyl (C=O) groups excluding carboxylic acids is 1. The monoisotopic (exact) mass is 402 g/mol. The van der Waals surface area contributed by atoms with Gasteiger partial charge in [0.2, 0.25) is 0 Å². The Hall–Kier alpha value is -2.11. The molecule has 148 valence electrons. The first kappa shape index (κ1) is 19.2. The number of piperidine rings is 1. The molecule has 4 rings (SSSR count). The molecule has 0 N–H and O–H groups in total. The molecule has 2 aromatic carbocycles. The van der Waals surface area contributed by atoms with E-state index in [2.05, 4.69) is 4.90 Å². The fraction of sp³-hybridized carbons (Fsp3) is 0.409. The number of carbonyl (C=O) groups is 1. The van der Waals surface area contributed by atoms with Gasteiger partial charge in [-0.2, -0.15) is 0 Å². The van der Waals surface area contributed by atoms with Crippen molar-refractivity contribution in [2.24, 2.45) is 5.92 Å². The largest absolute Gasteiger partial charge is 0.443 e. The summed E-state index contributed by atoms with van der Waals surface area (Å²) in [5, 5.41) is 0.641. The Morgan fingerprint density at radius 3 is 2.61 bits per heavy atom. The Kier molecular flexibility index (Phi) is 5.83. The molecule has 1 atom stereocenters. The van der Waals surface area contributed by atoms with Crippen LogP contribution in [-0.2, 0) is 11.2 Å². The van der Waals surface area contributed by atoms with Gasteiger partial charge in [0, 0.05) is 17.3 Å². The van der Waals surface area contributed by atoms with E-state index in [1.807, 2.05) is 30.3 Å². The summed E-state index contributed by atoms with van der Waals surface area (Å²) in [6.07, 6.45) is 2.50. The molecular weight excluding hydrogens is 379 g/mol. The van der Waals surface area contributed by atoms with Crippen LogP contribution < -0.4 is 4.90 Å². The van der Waals surface area contributed by atoms with Crippen LogP contribution in [0.25, 0.3) is 0 Å². The highest BCUT2D eigenvalue weighted by Gasteiger charge is 2.34. The van der Waals surface area contributed by atoms with Gasteiger partial charge in [0.15, 0.2) is 0 Å². The number of cyclic esters (lactones) is 1. The summed E-state index contributed by atoms with van der Waals surface area (Å²) in [4.78, 5) is 16.2. The highest BCUT2D eigenvalue weighted by atomic mass is 35.5. The van der Waals surface area contributed by atoms with Crippen LogP contribution in [0.4, 0.5) is 14.9 Å². The van der Waals surface area contributed by atoms with Gasteiger partial charge in [0.05, 0.1) is 6.54 Å². The third-order valence-electron chi connectivity index (χ3n) is 5.63. The van der Waals surface area contributed by atoms with Gasteiger partial charge in [-0.3, -0.25) is 9.80 Å². The first-order valence-electron chi connectivity index (χ1n) is 9.78. The third kappa shape index (κ3) is 4.47. The Balaban J connectivity index is 1.27. The maximum absolute atomic E-state index is 13.5. The Bertz CT molecular complexity index is 825. The van der Waals surface area contributed by atoms with Crippen molar-refractivity contribution in [1.29, 1.82) is 0 Å². The molecule has 28 heavy (non-hydrogen) atoms. The number of hydrogen-bond donors (Lipinski definition) is 0. The number of anilines is 1. The van der Waals surface area contributed by atoms with Crippen LogP contribution in [0.1, 0.15) is 18.4 Å². The van der Waals surface area contributed by atoms with E-state index in [0.29, 0.717) is 17.5 Å². The summed E-state index contributed by atoms with van der Waals surface area (Å²) < 4.78 is 19.0. The lowest BCUT2D eigenvalue weighted by atomic mass is 9.90. The zero-order chi connectivity index (χ0) is 19.5. The smallest absolute Gasteiger partial charge is 0.414 e. The maximum atomic E-state index is 13.5. The van der Waals surface area contributed by atoms with Crippen LogP contribution in [0.2, 0.25) is 5.02 Å². The summed E-state index contributed by atoms with van der Waals surface area (Å²) in [6.45, 7) is 3.25. The van der Waals surface area contributed by atoms with Gasteiger partial charge in [-0.1, -0.05) is 29.8 Å². The number of likely N-dealkylation sites (tertiary alicyclic amines) is 1. The zero-order valence-corrected chi connectivity index (χ0v) is 16.4. The topological polar surface area (TPSA) is 32.8 Å². The van der Waals surface area contributed by atoms with Crippen molar-refractivity contribution in [2.45, 2.75) is 25.4 Å². The number of para-hydroxylation sites is 1. The van der Waals surface area contributed by atoms with Crippen molar-refractivity contribution >= 4 is 23.4 Å². The quantitative estimate of drug-likeness (QED) is 0.722. The molecule has 2 aliphatic heterocycles. The van der Waals surface area contributed by atoms with E-state index in [9.17, 15) is 9.18 Å². The molecule has 1 unspecified atom stereocenters. The third-order valence-corrected chi connectivity index (χ3v) is 6.00. The van der Waals surface area contributed by atoms with Gasteiger partial charge in [0.1, 0.15) is 11.9 Å². The maximum Gasteiger partial charge on any atom is 0.414 e. The number of nitrogens with zero attached hydrogens (tertiary/aromatic N) is 2. The molecule has 0 aliphatic carbocycles. The Morgan fingerprint density at radius 1 is 1.11 bits per heavy atom. The summed E-state index contributed by atoms with van der Waals surface area (Å²) in [5.74, 6) is 0.269. The van der Waals surface area contributed by atoms with Gasteiger partial charge in [0.25, 0.3) is 0 Å². The van der Waals surface area contributed by atoms with Crippen molar-refractivity contribution in [3.8, 4) is 0 Å². The molecule has 2 aromatic rings. The van der Waals surface area contributed by atoms with E-state index in [4.69, 9.17) is 16.3 Å². The standard InChI is InChI=1S/C22H24ClFN2O2/c23-21-7-6-18(24)13-17(21)12-16-8-10-25(11-9-16)14-20-15-26(22(27)28-20)19-4-2-1-3-5-19/h1-7,13,16,20H,8-12,14-15H2. The molecule has 0 spiro atoms. The predicted molar refractivity (Wildman–Crippen MR) is 108 cm³/mol. The summed E-state index contributed by atoms with van der Waals surface area (Å²) in [5.41, 5.74) is 1.77. The normalized spacial score (nSPS) is 21.1. The lowest BCUT2D eigenvalue weighted by molar-refractivity contribution is 0.0914. The first-order valence-corrected chi connectivity index (χ1v) is 10.2. The van der Waals surface area contributed by atoms with Crippen LogP contribution in [0, 0.1) is 11.7 Å². The molecule has 4 nitrogen and oxygen atoms in total. The van der Waals surface area contributed by atoms with Crippen molar-refractivity contribution in [1.82, 2.24) is 4.90 Å². The minimum Gasteiger partial charge on any atom is -0.443 e. The van der Waals surface area contributed by atoms with Crippen LogP contribution in [-0.4, -0.2) is 43.3 Å². The second kappa shape index (κ2) is 8.50. The molecule has 2 fully saturated rings. The Labute approximate surface area is 169 Å². The highest BCUT2D eigenvalue weighted by molar-refractivity contribution is 6.31. The SMILES string of the molecule is O=C1OC(CN2CCC(Cc3cc(F)ccc3Cl)CC2)CN1c1ccccc1.